The van der Waals surface area contributed by atoms with Gasteiger partial charge in [0.1, 0.15) is 18.4 Å². The predicted octanol–water partition coefficient (Wildman–Crippen LogP) is 6.62. The number of nitrogens with one attached hydrogen (secondary N) is 1. The third-order valence-corrected chi connectivity index (χ3v) is 13.4. The van der Waals surface area contributed by atoms with E-state index in [-0.39, 0.29) is 35.2 Å². The van der Waals surface area contributed by atoms with Crippen molar-refractivity contribution in [2.45, 2.75) is 110 Å². The Morgan fingerprint density at radius 1 is 1.02 bits per heavy atom. The molecule has 7 rings (SSSR count). The average molecular weight is 634 g/mol. The van der Waals surface area contributed by atoms with Crippen LogP contribution in [0.2, 0.25) is 0 Å². The molecule has 2 heterocycles. The molecule has 0 aromatic heterocycles. The molecule has 6 aliphatic rings. The summed E-state index contributed by atoms with van der Waals surface area (Å²) in [5.74, 6) is 1.95. The van der Waals surface area contributed by atoms with Crippen LogP contribution in [-0.4, -0.2) is 49.0 Å². The standard InChI is InChI=1S/C38H51NO7/c1-22-12-17-38(43-21-22)23(2)34-32(46-38)19-30-27-11-10-25-18-26(13-15-36(25,4)29(27)14-16-37(30,34)5)45-33(41)20-39-35(42)28-8-6-7-9-31(28)44-24(3)40/h6-10,22-23,26-27,29-30,32,34H,11-21H2,1-5H3,(H,39,42)/t22-,23+,26?,27?,29?,30?,32?,34?,36+,37+,38?/m1/s1. The SMILES string of the molecule is CC(=O)Oc1ccccc1C(=O)NCC(=O)OC1CC[C@@]2(C)C(=CCC3C4CC5OC6(CC[C@@H](C)CO6)[C@@H](C)C5[C@@]4(C)CCC32)C1. The zero-order chi connectivity index (χ0) is 32.4. The molecule has 8 heteroatoms. The van der Waals surface area contributed by atoms with Gasteiger partial charge in [0.2, 0.25) is 0 Å². The maximum atomic E-state index is 12.8. The molecule has 3 saturated carbocycles. The number of fused-ring (bicyclic) bond motifs is 7. The average Bonchev–Trinajstić information content (AvgIpc) is 3.47. The number of esters is 2. The van der Waals surface area contributed by atoms with Gasteiger partial charge in [0, 0.05) is 25.7 Å². The van der Waals surface area contributed by atoms with Crippen LogP contribution in [0, 0.1) is 46.3 Å². The maximum absolute atomic E-state index is 12.8. The van der Waals surface area contributed by atoms with E-state index >= 15 is 0 Å². The molecule has 1 aromatic rings. The largest absolute Gasteiger partial charge is 0.461 e. The minimum absolute atomic E-state index is 0.135. The number of rotatable bonds is 5. The van der Waals surface area contributed by atoms with Crippen molar-refractivity contribution in [3.05, 3.63) is 41.5 Å². The van der Waals surface area contributed by atoms with Crippen molar-refractivity contribution in [2.75, 3.05) is 13.2 Å². The number of carbonyl (C=O) groups is 3. The van der Waals surface area contributed by atoms with Crippen LogP contribution >= 0.6 is 0 Å². The lowest BCUT2D eigenvalue weighted by atomic mass is 9.47. The topological polar surface area (TPSA) is 100 Å². The van der Waals surface area contributed by atoms with E-state index in [1.807, 2.05) is 0 Å². The molecule has 2 aliphatic heterocycles. The highest BCUT2D eigenvalue weighted by molar-refractivity contribution is 5.98. The third-order valence-electron chi connectivity index (χ3n) is 13.4. The van der Waals surface area contributed by atoms with Crippen LogP contribution in [0.25, 0.3) is 0 Å². The normalized spacial score (nSPS) is 42.6. The Kier molecular flexibility index (Phi) is 8.15. The molecule has 0 bridgehead atoms. The highest BCUT2D eigenvalue weighted by atomic mass is 16.7. The van der Waals surface area contributed by atoms with Crippen molar-refractivity contribution in [3.63, 3.8) is 0 Å². The van der Waals surface area contributed by atoms with Crippen LogP contribution in [0.1, 0.15) is 103 Å². The highest BCUT2D eigenvalue weighted by Crippen LogP contribution is 2.70. The Morgan fingerprint density at radius 2 is 1.83 bits per heavy atom. The van der Waals surface area contributed by atoms with Gasteiger partial charge in [-0.05, 0) is 97.5 Å². The molecule has 1 spiro atoms. The minimum Gasteiger partial charge on any atom is -0.461 e. The molecule has 5 fully saturated rings. The van der Waals surface area contributed by atoms with Crippen LogP contribution in [0.4, 0.5) is 0 Å². The number of hydrogen-bond acceptors (Lipinski definition) is 7. The van der Waals surface area contributed by atoms with Gasteiger partial charge < -0.3 is 24.3 Å². The summed E-state index contributed by atoms with van der Waals surface area (Å²) < 4.78 is 24.5. The number of carbonyl (C=O) groups excluding carboxylic acids is 3. The van der Waals surface area contributed by atoms with E-state index in [4.69, 9.17) is 18.9 Å². The number of amides is 1. The monoisotopic (exact) mass is 633 g/mol. The van der Waals surface area contributed by atoms with E-state index in [9.17, 15) is 14.4 Å². The molecule has 7 unspecified atom stereocenters. The summed E-state index contributed by atoms with van der Waals surface area (Å²) in [6.45, 7) is 11.6. The number of allylic oxidation sites excluding steroid dienone is 1. The summed E-state index contributed by atoms with van der Waals surface area (Å²) in [6, 6.07) is 6.48. The van der Waals surface area contributed by atoms with Gasteiger partial charge in [-0.3, -0.25) is 14.4 Å². The first-order valence-electron chi connectivity index (χ1n) is 17.7. The Labute approximate surface area is 273 Å². The van der Waals surface area contributed by atoms with Gasteiger partial charge >= 0.3 is 11.9 Å². The zero-order valence-corrected chi connectivity index (χ0v) is 28.1. The molecule has 250 valence electrons. The molecule has 46 heavy (non-hydrogen) atoms. The molecule has 1 amide bonds. The summed E-state index contributed by atoms with van der Waals surface area (Å²) >= 11 is 0. The predicted molar refractivity (Wildman–Crippen MR) is 172 cm³/mol. The maximum Gasteiger partial charge on any atom is 0.325 e. The van der Waals surface area contributed by atoms with E-state index in [2.05, 4.69) is 39.1 Å². The molecular weight excluding hydrogens is 582 g/mol. The first kappa shape index (κ1) is 31.9. The van der Waals surface area contributed by atoms with Gasteiger partial charge in [-0.15, -0.1) is 0 Å². The fourth-order valence-electron chi connectivity index (χ4n) is 11.1. The second kappa shape index (κ2) is 11.8. The first-order valence-corrected chi connectivity index (χ1v) is 17.7. The Balaban J connectivity index is 0.972. The fraction of sp³-hybridized carbons (Fsp3) is 0.711. The molecule has 0 radical (unpaired) electrons. The van der Waals surface area contributed by atoms with E-state index in [0.29, 0.717) is 47.0 Å². The van der Waals surface area contributed by atoms with E-state index < -0.39 is 17.8 Å². The van der Waals surface area contributed by atoms with E-state index in [0.717, 1.165) is 45.1 Å². The van der Waals surface area contributed by atoms with Crippen LogP contribution in [0.5, 0.6) is 5.75 Å². The molecule has 1 aromatic carbocycles. The fourth-order valence-corrected chi connectivity index (χ4v) is 11.1. The van der Waals surface area contributed by atoms with Gasteiger partial charge in [0.05, 0.1) is 18.3 Å². The lowest BCUT2D eigenvalue weighted by Gasteiger charge is -2.58. The second-order valence-electron chi connectivity index (χ2n) is 15.9. The molecule has 2 saturated heterocycles. The molecule has 4 aliphatic carbocycles. The van der Waals surface area contributed by atoms with Crippen molar-refractivity contribution in [2.24, 2.45) is 46.3 Å². The van der Waals surface area contributed by atoms with Crippen LogP contribution in [-0.2, 0) is 23.8 Å². The number of benzene rings is 1. The minimum atomic E-state index is -0.513. The smallest absolute Gasteiger partial charge is 0.325 e. The zero-order valence-electron chi connectivity index (χ0n) is 28.1. The Hall–Kier alpha value is -2.71. The van der Waals surface area contributed by atoms with Crippen LogP contribution in [0.15, 0.2) is 35.9 Å². The Morgan fingerprint density at radius 3 is 2.59 bits per heavy atom. The third kappa shape index (κ3) is 5.22. The molecular formula is C38H51NO7. The van der Waals surface area contributed by atoms with Crippen LogP contribution in [0.3, 0.4) is 0 Å². The summed E-state index contributed by atoms with van der Waals surface area (Å²) in [7, 11) is 0. The molecule has 8 nitrogen and oxygen atoms in total. The van der Waals surface area contributed by atoms with Gasteiger partial charge in [-0.2, -0.15) is 0 Å². The lowest BCUT2D eigenvalue weighted by Crippen LogP contribution is -2.52. The second-order valence-corrected chi connectivity index (χ2v) is 15.9. The Bertz CT molecular complexity index is 1410. The number of para-hydroxylation sites is 1. The van der Waals surface area contributed by atoms with Crippen molar-refractivity contribution >= 4 is 17.8 Å². The summed E-state index contributed by atoms with van der Waals surface area (Å²) in [4.78, 5) is 37.0. The van der Waals surface area contributed by atoms with Crippen molar-refractivity contribution in [3.8, 4) is 5.75 Å². The van der Waals surface area contributed by atoms with Gasteiger partial charge in [0.15, 0.2) is 5.79 Å². The van der Waals surface area contributed by atoms with Crippen molar-refractivity contribution in [1.82, 2.24) is 5.32 Å². The van der Waals surface area contributed by atoms with E-state index in [1.54, 1.807) is 24.3 Å². The van der Waals surface area contributed by atoms with Crippen LogP contribution < -0.4 is 10.1 Å². The lowest BCUT2D eigenvalue weighted by molar-refractivity contribution is -0.272. The summed E-state index contributed by atoms with van der Waals surface area (Å²) in [6.07, 6.45) is 12.2. The van der Waals surface area contributed by atoms with Gasteiger partial charge in [0.25, 0.3) is 5.91 Å². The summed E-state index contributed by atoms with van der Waals surface area (Å²) in [5, 5.41) is 2.63. The highest BCUT2D eigenvalue weighted by Gasteiger charge is 2.68. The van der Waals surface area contributed by atoms with Gasteiger partial charge in [-0.1, -0.05) is 51.5 Å². The van der Waals surface area contributed by atoms with Crippen molar-refractivity contribution in [1.29, 1.82) is 0 Å². The quantitative estimate of drug-likeness (QED) is 0.221. The first-order chi connectivity index (χ1) is 21.9. The van der Waals surface area contributed by atoms with E-state index in [1.165, 1.54) is 31.8 Å². The molecule has 1 N–H and O–H groups in total. The van der Waals surface area contributed by atoms with Crippen molar-refractivity contribution < 1.29 is 33.3 Å². The summed E-state index contributed by atoms with van der Waals surface area (Å²) in [5.41, 5.74) is 2.08. The number of ether oxygens (including phenoxy) is 4. The molecule has 11 atom stereocenters. The number of hydrogen-bond donors (Lipinski definition) is 1. The van der Waals surface area contributed by atoms with Gasteiger partial charge in [-0.25, -0.2) is 0 Å².